The monoisotopic (exact) mass is 537 g/mol. The molecule has 156 valence electrons. The van der Waals surface area contributed by atoms with Crippen molar-refractivity contribution in [2.45, 2.75) is 13.1 Å². The van der Waals surface area contributed by atoms with E-state index < -0.39 is 5.91 Å². The van der Waals surface area contributed by atoms with Crippen molar-refractivity contribution < 1.29 is 9.53 Å². The van der Waals surface area contributed by atoms with E-state index in [1.165, 1.54) is 6.20 Å². The van der Waals surface area contributed by atoms with Gasteiger partial charge in [-0.2, -0.15) is 0 Å². The molecule has 2 N–H and O–H groups in total. The number of ether oxygens (including phenoxy) is 1. The molecule has 4 rings (SSSR count). The maximum Gasteiger partial charge on any atom is 0.257 e. The maximum absolute atomic E-state index is 13.1. The number of benzene rings is 2. The third-order valence-corrected chi connectivity index (χ3v) is 6.22. The number of nitrogens with one attached hydrogen (secondary N) is 2. The van der Waals surface area contributed by atoms with E-state index in [0.717, 1.165) is 53.1 Å². The summed E-state index contributed by atoms with van der Waals surface area (Å²) in [5.41, 5.74) is 2.56. The van der Waals surface area contributed by atoms with E-state index in [9.17, 15) is 9.59 Å². The van der Waals surface area contributed by atoms with Crippen molar-refractivity contribution in [2.75, 3.05) is 26.3 Å². The molecule has 0 aliphatic carbocycles. The highest BCUT2D eigenvalue weighted by molar-refractivity contribution is 14.1. The SMILES string of the molecule is O=C(NCc1ccc(Cl)cc1)c1c[nH]c2c(I)cc(CN3CCOCC3)cc2c1=O. The minimum atomic E-state index is -0.401. The Labute approximate surface area is 192 Å². The number of hydrogen-bond acceptors (Lipinski definition) is 4. The lowest BCUT2D eigenvalue weighted by Gasteiger charge is -2.26. The van der Waals surface area contributed by atoms with Gasteiger partial charge in [0.1, 0.15) is 5.56 Å². The van der Waals surface area contributed by atoms with Gasteiger partial charge in [0.25, 0.3) is 5.91 Å². The second-order valence-corrected chi connectivity index (χ2v) is 8.83. The molecule has 0 unspecified atom stereocenters. The fourth-order valence-electron chi connectivity index (χ4n) is 3.50. The Morgan fingerprint density at radius 1 is 1.17 bits per heavy atom. The zero-order valence-electron chi connectivity index (χ0n) is 16.2. The van der Waals surface area contributed by atoms with E-state index in [2.05, 4.69) is 43.9 Å². The number of halogens is 2. The summed E-state index contributed by atoms with van der Waals surface area (Å²) >= 11 is 8.12. The summed E-state index contributed by atoms with van der Waals surface area (Å²) in [6, 6.07) is 11.2. The first-order valence-corrected chi connectivity index (χ1v) is 11.1. The van der Waals surface area contributed by atoms with Gasteiger partial charge < -0.3 is 15.0 Å². The summed E-state index contributed by atoms with van der Waals surface area (Å²) in [5.74, 6) is -0.401. The van der Waals surface area contributed by atoms with Crippen LogP contribution in [0, 0.1) is 3.57 Å². The van der Waals surface area contributed by atoms with Gasteiger partial charge in [0.2, 0.25) is 5.43 Å². The second kappa shape index (κ2) is 9.47. The summed E-state index contributed by atoms with van der Waals surface area (Å²) < 4.78 is 6.36. The third kappa shape index (κ3) is 4.85. The van der Waals surface area contributed by atoms with Crippen LogP contribution in [0.4, 0.5) is 0 Å². The topological polar surface area (TPSA) is 74.4 Å². The molecule has 8 heteroatoms. The zero-order chi connectivity index (χ0) is 21.1. The summed E-state index contributed by atoms with van der Waals surface area (Å²) in [5, 5.41) is 3.98. The van der Waals surface area contributed by atoms with Crippen LogP contribution in [-0.4, -0.2) is 42.1 Å². The number of carbonyl (C=O) groups is 1. The van der Waals surface area contributed by atoms with Crippen LogP contribution in [0.5, 0.6) is 0 Å². The van der Waals surface area contributed by atoms with Crippen molar-refractivity contribution in [3.05, 3.63) is 78.1 Å². The minimum absolute atomic E-state index is 0.107. The lowest BCUT2D eigenvalue weighted by molar-refractivity contribution is 0.0342. The highest BCUT2D eigenvalue weighted by Crippen LogP contribution is 2.21. The Kier molecular flexibility index (Phi) is 6.72. The van der Waals surface area contributed by atoms with Crippen LogP contribution in [0.1, 0.15) is 21.5 Å². The van der Waals surface area contributed by atoms with Crippen molar-refractivity contribution in [2.24, 2.45) is 0 Å². The van der Waals surface area contributed by atoms with E-state index in [1.807, 2.05) is 18.2 Å². The number of hydrogen-bond donors (Lipinski definition) is 2. The predicted molar refractivity (Wildman–Crippen MR) is 126 cm³/mol. The highest BCUT2D eigenvalue weighted by atomic mass is 127. The van der Waals surface area contributed by atoms with E-state index in [1.54, 1.807) is 12.1 Å². The van der Waals surface area contributed by atoms with E-state index in [-0.39, 0.29) is 11.0 Å². The minimum Gasteiger partial charge on any atom is -0.379 e. The molecular weight excluding hydrogens is 517 g/mol. The molecule has 6 nitrogen and oxygen atoms in total. The molecule has 1 aromatic heterocycles. The van der Waals surface area contributed by atoms with Crippen molar-refractivity contribution in [3.63, 3.8) is 0 Å². The largest absolute Gasteiger partial charge is 0.379 e. The van der Waals surface area contributed by atoms with Gasteiger partial charge in [-0.25, -0.2) is 0 Å². The number of nitrogens with zero attached hydrogens (tertiary/aromatic N) is 1. The summed E-state index contributed by atoms with van der Waals surface area (Å²) in [6.07, 6.45) is 1.49. The first kappa shape index (κ1) is 21.3. The summed E-state index contributed by atoms with van der Waals surface area (Å²) in [6.45, 7) is 4.27. The molecule has 2 aromatic carbocycles. The van der Waals surface area contributed by atoms with Gasteiger partial charge in [0, 0.05) is 46.4 Å². The molecule has 0 spiro atoms. The van der Waals surface area contributed by atoms with Crippen LogP contribution in [0.15, 0.2) is 47.4 Å². The van der Waals surface area contributed by atoms with Crippen molar-refractivity contribution in [3.8, 4) is 0 Å². The Hall–Kier alpha value is -1.94. The molecule has 1 amide bonds. The molecule has 0 atom stereocenters. The first-order valence-electron chi connectivity index (χ1n) is 9.68. The Morgan fingerprint density at radius 3 is 2.63 bits per heavy atom. The van der Waals surface area contributed by atoms with Crippen LogP contribution < -0.4 is 10.7 Å². The lowest BCUT2D eigenvalue weighted by atomic mass is 10.1. The van der Waals surface area contributed by atoms with E-state index in [4.69, 9.17) is 16.3 Å². The number of H-pyrrole nitrogens is 1. The quantitative estimate of drug-likeness (QED) is 0.488. The second-order valence-electron chi connectivity index (χ2n) is 7.23. The normalized spacial score (nSPS) is 14.7. The number of pyridine rings is 1. The number of aromatic amines is 1. The standard InChI is InChI=1S/C22H21ClIN3O3/c23-16-3-1-14(2-4-16)11-26-22(29)18-12-25-20-17(21(18)28)9-15(10-19(20)24)13-27-5-7-30-8-6-27/h1-4,9-10,12H,5-8,11,13H2,(H,25,28)(H,26,29). The fourth-order valence-corrected chi connectivity index (χ4v) is 4.47. The van der Waals surface area contributed by atoms with E-state index in [0.29, 0.717) is 17.0 Å². The van der Waals surface area contributed by atoms with Gasteiger partial charge in [0.15, 0.2) is 0 Å². The van der Waals surface area contributed by atoms with Gasteiger partial charge in [0.05, 0.1) is 18.7 Å². The molecule has 1 aliphatic rings. The number of amides is 1. The molecule has 0 radical (unpaired) electrons. The molecule has 1 fully saturated rings. The average molecular weight is 538 g/mol. The van der Waals surface area contributed by atoms with Crippen molar-refractivity contribution >= 4 is 51.0 Å². The van der Waals surface area contributed by atoms with Crippen molar-refractivity contribution in [1.29, 1.82) is 0 Å². The van der Waals surface area contributed by atoms with E-state index >= 15 is 0 Å². The lowest BCUT2D eigenvalue weighted by Crippen LogP contribution is -2.35. The van der Waals surface area contributed by atoms with Crippen LogP contribution in [-0.2, 0) is 17.8 Å². The molecular formula is C22H21ClIN3O3. The summed E-state index contributed by atoms with van der Waals surface area (Å²) in [7, 11) is 0. The van der Waals surface area contributed by atoms with Gasteiger partial charge >= 0.3 is 0 Å². The molecule has 3 aromatic rings. The van der Waals surface area contributed by atoms with Crippen LogP contribution >= 0.6 is 34.2 Å². The number of carbonyl (C=O) groups excluding carboxylic acids is 1. The zero-order valence-corrected chi connectivity index (χ0v) is 19.1. The average Bonchev–Trinajstić information content (AvgIpc) is 2.75. The van der Waals surface area contributed by atoms with Gasteiger partial charge in [-0.05, 0) is 58.0 Å². The molecule has 0 bridgehead atoms. The Bertz CT molecular complexity index is 1120. The van der Waals surface area contributed by atoms with Crippen molar-refractivity contribution in [1.82, 2.24) is 15.2 Å². The Morgan fingerprint density at radius 2 is 1.90 bits per heavy atom. The fraction of sp³-hybridized carbons (Fsp3) is 0.273. The molecule has 30 heavy (non-hydrogen) atoms. The molecule has 0 saturated carbocycles. The van der Waals surface area contributed by atoms with Crippen LogP contribution in [0.3, 0.4) is 0 Å². The van der Waals surface area contributed by atoms with Gasteiger partial charge in [-0.1, -0.05) is 23.7 Å². The smallest absolute Gasteiger partial charge is 0.257 e. The van der Waals surface area contributed by atoms with Crippen LogP contribution in [0.2, 0.25) is 5.02 Å². The summed E-state index contributed by atoms with van der Waals surface area (Å²) in [4.78, 5) is 31.2. The van der Waals surface area contributed by atoms with Gasteiger partial charge in [-0.3, -0.25) is 14.5 Å². The number of fused-ring (bicyclic) bond motifs is 1. The molecule has 1 aliphatic heterocycles. The molecule has 2 heterocycles. The Balaban J connectivity index is 1.57. The molecule has 1 saturated heterocycles. The van der Waals surface area contributed by atoms with Gasteiger partial charge in [-0.15, -0.1) is 0 Å². The third-order valence-electron chi connectivity index (χ3n) is 5.12. The number of rotatable bonds is 5. The first-order chi connectivity index (χ1) is 14.5. The highest BCUT2D eigenvalue weighted by Gasteiger charge is 2.16. The number of aromatic nitrogens is 1. The predicted octanol–water partition coefficient (Wildman–Crippen LogP) is 3.55. The van der Waals surface area contributed by atoms with Crippen LogP contribution in [0.25, 0.3) is 10.9 Å². The maximum atomic E-state index is 13.1. The number of morpholine rings is 1.